The minimum absolute atomic E-state index is 0.0782. The van der Waals surface area contributed by atoms with Crippen molar-refractivity contribution in [3.8, 4) is 5.75 Å². The molecule has 0 aliphatic carbocycles. The summed E-state index contributed by atoms with van der Waals surface area (Å²) < 4.78 is 31.6. The molecule has 0 bridgehead atoms. The largest absolute Gasteiger partial charge is 0.490 e. The molecule has 7 heteroatoms. The Kier molecular flexibility index (Phi) is 7.49. The number of benzene rings is 1. The first-order chi connectivity index (χ1) is 9.98. The molecule has 0 unspecified atom stereocenters. The van der Waals surface area contributed by atoms with Crippen molar-refractivity contribution in [2.45, 2.75) is 13.8 Å². The number of nitrogens with zero attached hydrogens (tertiary/aromatic N) is 1. The van der Waals surface area contributed by atoms with Crippen LogP contribution in [0.4, 0.5) is 5.69 Å². The molecule has 0 atom stereocenters. The number of para-hydroxylation sites is 2. The molecule has 0 saturated carbocycles. The molecule has 3 N–H and O–H groups in total. The van der Waals surface area contributed by atoms with Gasteiger partial charge in [0.2, 0.25) is 10.0 Å². The van der Waals surface area contributed by atoms with E-state index >= 15 is 0 Å². The molecular formula is C14H25N3O3S. The average Bonchev–Trinajstić information content (AvgIpc) is 2.45. The monoisotopic (exact) mass is 315 g/mol. The zero-order chi connectivity index (χ0) is 15.7. The van der Waals surface area contributed by atoms with E-state index in [2.05, 4.69) is 23.5 Å². The summed E-state index contributed by atoms with van der Waals surface area (Å²) in [5, 5.41) is 0. The van der Waals surface area contributed by atoms with Crippen molar-refractivity contribution in [3.05, 3.63) is 24.3 Å². The molecule has 0 fully saturated rings. The Morgan fingerprint density at radius 1 is 1.24 bits per heavy atom. The minimum atomic E-state index is -3.32. The van der Waals surface area contributed by atoms with E-state index in [0.717, 1.165) is 13.1 Å². The summed E-state index contributed by atoms with van der Waals surface area (Å²) in [4.78, 5) is 2.16. The van der Waals surface area contributed by atoms with Crippen LogP contribution in [0.15, 0.2) is 24.3 Å². The van der Waals surface area contributed by atoms with Crippen LogP contribution in [0.3, 0.4) is 0 Å². The highest BCUT2D eigenvalue weighted by Gasteiger charge is 2.11. The predicted molar refractivity (Wildman–Crippen MR) is 85.9 cm³/mol. The number of rotatable bonds is 10. The van der Waals surface area contributed by atoms with E-state index in [9.17, 15) is 8.42 Å². The lowest BCUT2D eigenvalue weighted by Crippen LogP contribution is -2.36. The van der Waals surface area contributed by atoms with Gasteiger partial charge in [0, 0.05) is 13.1 Å². The van der Waals surface area contributed by atoms with Gasteiger partial charge in [0.1, 0.15) is 12.4 Å². The summed E-state index contributed by atoms with van der Waals surface area (Å²) in [6, 6.07) is 7.03. The number of ether oxygens (including phenoxy) is 1. The van der Waals surface area contributed by atoms with Gasteiger partial charge in [0.15, 0.2) is 0 Å². The van der Waals surface area contributed by atoms with Crippen molar-refractivity contribution in [3.63, 3.8) is 0 Å². The SMILES string of the molecule is CCN(CC)CCNS(=O)(=O)CCOc1ccccc1N. The molecule has 0 radical (unpaired) electrons. The van der Waals surface area contributed by atoms with Crippen LogP contribution in [0, 0.1) is 0 Å². The standard InChI is InChI=1S/C14H25N3O3S/c1-3-17(4-2)10-9-16-21(18,19)12-11-20-14-8-6-5-7-13(14)15/h5-8,16H,3-4,9-12,15H2,1-2H3. The summed E-state index contributed by atoms with van der Waals surface area (Å²) in [5.74, 6) is 0.426. The second-order valence-corrected chi connectivity index (χ2v) is 6.55. The molecule has 21 heavy (non-hydrogen) atoms. The first-order valence-electron chi connectivity index (χ1n) is 7.15. The molecule has 1 aromatic rings. The Labute approximate surface area is 127 Å². The fourth-order valence-electron chi connectivity index (χ4n) is 1.84. The fraction of sp³-hybridized carbons (Fsp3) is 0.571. The molecule has 0 heterocycles. The number of nitrogen functional groups attached to an aromatic ring is 1. The van der Waals surface area contributed by atoms with Crippen molar-refractivity contribution in [1.29, 1.82) is 0 Å². The maximum atomic E-state index is 11.8. The molecular weight excluding hydrogens is 290 g/mol. The summed E-state index contributed by atoms with van der Waals surface area (Å²) in [6.45, 7) is 7.13. The topological polar surface area (TPSA) is 84.7 Å². The molecule has 6 nitrogen and oxygen atoms in total. The van der Waals surface area contributed by atoms with Crippen LogP contribution in [0.5, 0.6) is 5.75 Å². The van der Waals surface area contributed by atoms with Crippen molar-refractivity contribution in [2.24, 2.45) is 0 Å². The van der Waals surface area contributed by atoms with Gasteiger partial charge in [-0.1, -0.05) is 26.0 Å². The lowest BCUT2D eigenvalue weighted by Gasteiger charge is -2.18. The number of hydrogen-bond acceptors (Lipinski definition) is 5. The predicted octanol–water partition coefficient (Wildman–Crippen LogP) is 0.909. The second-order valence-electron chi connectivity index (χ2n) is 4.63. The molecule has 120 valence electrons. The van der Waals surface area contributed by atoms with Gasteiger partial charge in [-0.2, -0.15) is 0 Å². The molecule has 0 aliphatic heterocycles. The summed E-state index contributed by atoms with van der Waals surface area (Å²) in [7, 11) is -3.32. The lowest BCUT2D eigenvalue weighted by molar-refractivity contribution is 0.308. The van der Waals surface area contributed by atoms with Gasteiger partial charge < -0.3 is 15.4 Å². The van der Waals surface area contributed by atoms with Gasteiger partial charge in [-0.3, -0.25) is 0 Å². The molecule has 1 aromatic carbocycles. The Bertz CT molecular complexity index is 516. The van der Waals surface area contributed by atoms with E-state index in [4.69, 9.17) is 10.5 Å². The second kappa shape index (κ2) is 8.86. The normalized spacial score (nSPS) is 11.8. The van der Waals surface area contributed by atoms with Crippen LogP contribution >= 0.6 is 0 Å². The molecule has 0 spiro atoms. The summed E-state index contributed by atoms with van der Waals surface area (Å²) in [6.07, 6.45) is 0. The van der Waals surface area contributed by atoms with Gasteiger partial charge in [-0.15, -0.1) is 0 Å². The van der Waals surface area contributed by atoms with E-state index in [1.165, 1.54) is 0 Å². The first kappa shape index (κ1) is 17.7. The van der Waals surface area contributed by atoms with Gasteiger partial charge in [0.25, 0.3) is 0 Å². The van der Waals surface area contributed by atoms with Gasteiger partial charge in [0.05, 0.1) is 11.4 Å². The Hall–Kier alpha value is -1.31. The molecule has 0 aromatic heterocycles. The zero-order valence-corrected chi connectivity index (χ0v) is 13.5. The highest BCUT2D eigenvalue weighted by molar-refractivity contribution is 7.89. The summed E-state index contributed by atoms with van der Waals surface area (Å²) in [5.41, 5.74) is 6.22. The van der Waals surface area contributed by atoms with E-state index < -0.39 is 10.0 Å². The zero-order valence-electron chi connectivity index (χ0n) is 12.7. The third-order valence-corrected chi connectivity index (χ3v) is 4.52. The third kappa shape index (κ3) is 6.79. The van der Waals surface area contributed by atoms with Gasteiger partial charge in [-0.25, -0.2) is 13.1 Å². The lowest BCUT2D eigenvalue weighted by atomic mass is 10.3. The smallest absolute Gasteiger partial charge is 0.214 e. The Morgan fingerprint density at radius 2 is 1.90 bits per heavy atom. The van der Waals surface area contributed by atoms with Crippen LogP contribution in [0.2, 0.25) is 0 Å². The van der Waals surface area contributed by atoms with E-state index in [1.54, 1.807) is 24.3 Å². The van der Waals surface area contributed by atoms with Crippen molar-refractivity contribution < 1.29 is 13.2 Å². The Morgan fingerprint density at radius 3 is 2.52 bits per heavy atom. The maximum Gasteiger partial charge on any atom is 0.214 e. The fourth-order valence-corrected chi connectivity index (χ4v) is 2.69. The molecule has 1 rings (SSSR count). The van der Waals surface area contributed by atoms with Crippen LogP contribution in [-0.4, -0.2) is 51.9 Å². The number of hydrogen-bond donors (Lipinski definition) is 2. The van der Waals surface area contributed by atoms with Crippen LogP contribution in [0.1, 0.15) is 13.8 Å². The quantitative estimate of drug-likeness (QED) is 0.627. The number of likely N-dealkylation sites (N-methyl/N-ethyl adjacent to an activating group) is 1. The first-order valence-corrected chi connectivity index (χ1v) is 8.80. The molecule has 0 amide bonds. The van der Waals surface area contributed by atoms with Crippen molar-refractivity contribution in [2.75, 3.05) is 44.3 Å². The molecule has 0 saturated heterocycles. The number of nitrogens with two attached hydrogens (primary N) is 1. The number of anilines is 1. The Balaban J connectivity index is 2.31. The minimum Gasteiger partial charge on any atom is -0.490 e. The third-order valence-electron chi connectivity index (χ3n) is 3.17. The van der Waals surface area contributed by atoms with Crippen LogP contribution in [0.25, 0.3) is 0 Å². The summed E-state index contributed by atoms with van der Waals surface area (Å²) >= 11 is 0. The molecule has 0 aliphatic rings. The number of sulfonamides is 1. The van der Waals surface area contributed by atoms with E-state index in [1.807, 2.05) is 0 Å². The maximum absolute atomic E-state index is 11.8. The van der Waals surface area contributed by atoms with Crippen LogP contribution in [-0.2, 0) is 10.0 Å². The van der Waals surface area contributed by atoms with Gasteiger partial charge in [-0.05, 0) is 25.2 Å². The highest BCUT2D eigenvalue weighted by Crippen LogP contribution is 2.19. The van der Waals surface area contributed by atoms with Gasteiger partial charge >= 0.3 is 0 Å². The van der Waals surface area contributed by atoms with E-state index in [0.29, 0.717) is 24.5 Å². The average molecular weight is 315 g/mol. The van der Waals surface area contributed by atoms with Crippen molar-refractivity contribution in [1.82, 2.24) is 9.62 Å². The number of nitrogens with one attached hydrogen (secondary N) is 1. The van der Waals surface area contributed by atoms with Crippen LogP contribution < -0.4 is 15.2 Å². The van der Waals surface area contributed by atoms with E-state index in [-0.39, 0.29) is 12.4 Å². The highest BCUT2D eigenvalue weighted by atomic mass is 32.2. The van der Waals surface area contributed by atoms with Crippen molar-refractivity contribution >= 4 is 15.7 Å².